The highest BCUT2D eigenvalue weighted by Gasteiger charge is 2.24. The van der Waals surface area contributed by atoms with Crippen molar-refractivity contribution in [1.29, 1.82) is 0 Å². The zero-order chi connectivity index (χ0) is 19.8. The first-order valence-corrected chi connectivity index (χ1v) is 9.92. The number of benzene rings is 1. The summed E-state index contributed by atoms with van der Waals surface area (Å²) >= 11 is 0. The van der Waals surface area contributed by atoms with E-state index in [0.29, 0.717) is 13.1 Å². The molecule has 0 radical (unpaired) electrons. The van der Waals surface area contributed by atoms with Gasteiger partial charge in [-0.1, -0.05) is 30.3 Å². The normalized spacial score (nSPS) is 14.2. The summed E-state index contributed by atoms with van der Waals surface area (Å²) in [6.07, 6.45) is 6.40. The van der Waals surface area contributed by atoms with Gasteiger partial charge >= 0.3 is 0 Å². The van der Waals surface area contributed by atoms with Crippen LogP contribution in [0.25, 0.3) is 11.0 Å². The fourth-order valence-electron chi connectivity index (χ4n) is 4.22. The molecule has 6 heteroatoms. The third kappa shape index (κ3) is 3.25. The van der Waals surface area contributed by atoms with E-state index in [9.17, 15) is 4.79 Å². The Balaban J connectivity index is 1.58. The van der Waals surface area contributed by atoms with E-state index >= 15 is 0 Å². The number of aromatic nitrogens is 4. The molecule has 0 atom stereocenters. The number of aryl methyl sites for hydroxylation is 1. The highest BCUT2D eigenvalue weighted by Crippen LogP contribution is 2.25. The number of nitrogens with zero attached hydrogens (tertiary/aromatic N) is 5. The lowest BCUT2D eigenvalue weighted by molar-refractivity contribution is 0.236. The third-order valence-corrected chi connectivity index (χ3v) is 5.76. The van der Waals surface area contributed by atoms with Crippen LogP contribution in [0.15, 0.2) is 65.8 Å². The number of hydrogen-bond acceptors (Lipinski definition) is 4. The Kier molecular flexibility index (Phi) is 4.48. The van der Waals surface area contributed by atoms with Crippen LogP contribution in [0.4, 0.5) is 0 Å². The Labute approximate surface area is 169 Å². The monoisotopic (exact) mass is 385 g/mol. The Hall–Kier alpha value is -3.25. The smallest absolute Gasteiger partial charge is 0.257 e. The summed E-state index contributed by atoms with van der Waals surface area (Å²) in [6.45, 7) is 2.82. The molecule has 5 rings (SSSR count). The first-order chi connectivity index (χ1) is 14.2. The molecule has 146 valence electrons. The molecule has 0 unspecified atom stereocenters. The predicted octanol–water partition coefficient (Wildman–Crippen LogP) is 2.74. The topological polar surface area (TPSA) is 56.0 Å². The fraction of sp³-hybridized carbons (Fsp3) is 0.261. The SMILES string of the molecule is Cn1ccnc1CN1CCc2c(c(=O)n(Cc3ccccc3)c3ncccc23)C1. The van der Waals surface area contributed by atoms with Gasteiger partial charge in [-0.15, -0.1) is 0 Å². The fourth-order valence-corrected chi connectivity index (χ4v) is 4.22. The van der Waals surface area contributed by atoms with Gasteiger partial charge < -0.3 is 4.57 Å². The molecule has 1 aliphatic heterocycles. The largest absolute Gasteiger partial charge is 0.337 e. The average Bonchev–Trinajstić information content (AvgIpc) is 3.16. The summed E-state index contributed by atoms with van der Waals surface area (Å²) in [5.74, 6) is 1.01. The minimum Gasteiger partial charge on any atom is -0.337 e. The first kappa shape index (κ1) is 17.8. The second-order valence-electron chi connectivity index (χ2n) is 7.62. The van der Waals surface area contributed by atoms with Gasteiger partial charge in [0.15, 0.2) is 0 Å². The van der Waals surface area contributed by atoms with Crippen LogP contribution < -0.4 is 5.56 Å². The molecule has 0 aliphatic carbocycles. The quantitative estimate of drug-likeness (QED) is 0.542. The van der Waals surface area contributed by atoms with Crippen molar-refractivity contribution < 1.29 is 0 Å². The number of hydrogen-bond donors (Lipinski definition) is 0. The molecule has 3 aromatic heterocycles. The minimum absolute atomic E-state index is 0.0691. The van der Waals surface area contributed by atoms with E-state index in [1.54, 1.807) is 6.20 Å². The minimum atomic E-state index is 0.0691. The lowest BCUT2D eigenvalue weighted by Crippen LogP contribution is -2.37. The Morgan fingerprint density at radius 3 is 2.62 bits per heavy atom. The van der Waals surface area contributed by atoms with Crippen LogP contribution in [-0.2, 0) is 33.1 Å². The lowest BCUT2D eigenvalue weighted by Gasteiger charge is -2.29. The zero-order valence-corrected chi connectivity index (χ0v) is 16.5. The van der Waals surface area contributed by atoms with Gasteiger partial charge in [0.25, 0.3) is 5.56 Å². The summed E-state index contributed by atoms with van der Waals surface area (Å²) in [5, 5.41) is 1.09. The summed E-state index contributed by atoms with van der Waals surface area (Å²) in [7, 11) is 2.01. The van der Waals surface area contributed by atoms with Crippen LogP contribution in [0.3, 0.4) is 0 Å². The van der Waals surface area contributed by atoms with E-state index < -0.39 is 0 Å². The van der Waals surface area contributed by atoms with E-state index in [-0.39, 0.29) is 5.56 Å². The molecule has 0 saturated carbocycles. The summed E-state index contributed by atoms with van der Waals surface area (Å²) < 4.78 is 3.86. The lowest BCUT2D eigenvalue weighted by atomic mass is 9.97. The standard InChI is InChI=1S/C23H23N5O/c1-26-13-11-24-21(26)16-27-12-9-18-19-8-5-10-25-22(19)28(23(29)20(18)15-27)14-17-6-3-2-4-7-17/h2-8,10-11,13H,9,12,14-16H2,1H3. The summed E-state index contributed by atoms with van der Waals surface area (Å²) in [4.78, 5) is 24.8. The van der Waals surface area contributed by atoms with E-state index in [0.717, 1.165) is 53.1 Å². The number of rotatable bonds is 4. The molecule has 0 amide bonds. The van der Waals surface area contributed by atoms with Gasteiger partial charge in [0.05, 0.1) is 13.1 Å². The molecular formula is C23H23N5O. The second-order valence-corrected chi connectivity index (χ2v) is 7.62. The maximum atomic E-state index is 13.5. The van der Waals surface area contributed by atoms with Gasteiger partial charge in [0, 0.05) is 49.7 Å². The van der Waals surface area contributed by atoms with E-state index in [4.69, 9.17) is 0 Å². The van der Waals surface area contributed by atoms with Crippen molar-refractivity contribution in [2.45, 2.75) is 26.1 Å². The Bertz CT molecular complexity index is 1230. The van der Waals surface area contributed by atoms with Crippen LogP contribution in [0, 0.1) is 0 Å². The molecule has 0 spiro atoms. The van der Waals surface area contributed by atoms with Crippen LogP contribution in [0.1, 0.15) is 22.5 Å². The van der Waals surface area contributed by atoms with Crippen molar-refractivity contribution in [2.24, 2.45) is 7.05 Å². The molecule has 4 aromatic rings. The van der Waals surface area contributed by atoms with Crippen molar-refractivity contribution in [3.8, 4) is 0 Å². The third-order valence-electron chi connectivity index (χ3n) is 5.76. The van der Waals surface area contributed by atoms with Crippen LogP contribution in [0.2, 0.25) is 0 Å². The van der Waals surface area contributed by atoms with Gasteiger partial charge in [-0.05, 0) is 29.7 Å². The Morgan fingerprint density at radius 1 is 0.966 bits per heavy atom. The number of pyridine rings is 2. The highest BCUT2D eigenvalue weighted by molar-refractivity contribution is 5.80. The van der Waals surface area contributed by atoms with E-state index in [2.05, 4.69) is 20.9 Å². The van der Waals surface area contributed by atoms with Gasteiger partial charge in [-0.25, -0.2) is 9.97 Å². The van der Waals surface area contributed by atoms with Gasteiger partial charge in [-0.2, -0.15) is 0 Å². The van der Waals surface area contributed by atoms with Crippen molar-refractivity contribution >= 4 is 11.0 Å². The second kappa shape index (κ2) is 7.29. The molecule has 1 aliphatic rings. The van der Waals surface area contributed by atoms with E-state index in [1.807, 2.05) is 65.0 Å². The molecule has 1 aromatic carbocycles. The average molecular weight is 385 g/mol. The summed E-state index contributed by atoms with van der Waals surface area (Å²) in [6, 6.07) is 14.1. The summed E-state index contributed by atoms with van der Waals surface area (Å²) in [5.41, 5.74) is 3.99. The number of fused-ring (bicyclic) bond motifs is 3. The van der Waals surface area contributed by atoms with Crippen molar-refractivity contribution in [3.63, 3.8) is 0 Å². The zero-order valence-electron chi connectivity index (χ0n) is 16.5. The molecule has 0 bridgehead atoms. The molecule has 0 saturated heterocycles. The van der Waals surface area contributed by atoms with Gasteiger partial charge in [-0.3, -0.25) is 14.3 Å². The van der Waals surface area contributed by atoms with Crippen LogP contribution in [0.5, 0.6) is 0 Å². The molecule has 6 nitrogen and oxygen atoms in total. The van der Waals surface area contributed by atoms with Crippen LogP contribution >= 0.6 is 0 Å². The van der Waals surface area contributed by atoms with Gasteiger partial charge in [0.2, 0.25) is 0 Å². The highest BCUT2D eigenvalue weighted by atomic mass is 16.1. The van der Waals surface area contributed by atoms with Crippen molar-refractivity contribution in [1.82, 2.24) is 24.0 Å². The van der Waals surface area contributed by atoms with Crippen molar-refractivity contribution in [3.05, 3.63) is 93.9 Å². The maximum absolute atomic E-state index is 13.5. The first-order valence-electron chi connectivity index (χ1n) is 9.92. The van der Waals surface area contributed by atoms with E-state index in [1.165, 1.54) is 0 Å². The molecular weight excluding hydrogens is 362 g/mol. The maximum Gasteiger partial charge on any atom is 0.257 e. The van der Waals surface area contributed by atoms with Gasteiger partial charge in [0.1, 0.15) is 11.5 Å². The molecule has 0 N–H and O–H groups in total. The molecule has 0 fully saturated rings. The van der Waals surface area contributed by atoms with Crippen LogP contribution in [-0.4, -0.2) is 30.5 Å². The Morgan fingerprint density at radius 2 is 1.83 bits per heavy atom. The number of imidazole rings is 1. The van der Waals surface area contributed by atoms with Crippen molar-refractivity contribution in [2.75, 3.05) is 6.54 Å². The molecule has 29 heavy (non-hydrogen) atoms. The molecule has 4 heterocycles. The predicted molar refractivity (Wildman–Crippen MR) is 113 cm³/mol.